The summed E-state index contributed by atoms with van der Waals surface area (Å²) in [5.41, 5.74) is 1.25. The van der Waals surface area contributed by atoms with E-state index in [1.165, 1.54) is 11.3 Å². The highest BCUT2D eigenvalue weighted by Crippen LogP contribution is 2.30. The number of nitrogens with one attached hydrogen (secondary N) is 1. The molecular weight excluding hydrogens is 254 g/mol. The molecule has 0 aromatic heterocycles. The maximum atomic E-state index is 6.23. The molecule has 1 unspecified atom stereocenters. The number of ether oxygens (including phenoxy) is 1. The van der Waals surface area contributed by atoms with E-state index in [-0.39, 0.29) is 6.10 Å². The highest BCUT2D eigenvalue weighted by atomic mass is 35.5. The first-order chi connectivity index (χ1) is 8.16. The summed E-state index contributed by atoms with van der Waals surface area (Å²) in [6.45, 7) is 5.07. The van der Waals surface area contributed by atoms with Crippen molar-refractivity contribution in [3.8, 4) is 5.75 Å². The molecule has 1 fully saturated rings. The first kappa shape index (κ1) is 13.1. The minimum atomic E-state index is 0.154. The van der Waals surface area contributed by atoms with Crippen LogP contribution in [0.25, 0.3) is 0 Å². The van der Waals surface area contributed by atoms with Gasteiger partial charge >= 0.3 is 0 Å². The lowest BCUT2D eigenvalue weighted by atomic mass is 10.1. The van der Waals surface area contributed by atoms with Gasteiger partial charge in [0.15, 0.2) is 0 Å². The Bertz CT molecular complexity index is 378. The van der Waals surface area contributed by atoms with Crippen LogP contribution in [0, 0.1) is 0 Å². The Balaban J connectivity index is 2.12. The summed E-state index contributed by atoms with van der Waals surface area (Å²) in [7, 11) is 0. The smallest absolute Gasteiger partial charge is 0.138 e. The molecule has 1 aromatic carbocycles. The molecule has 0 radical (unpaired) electrons. The van der Waals surface area contributed by atoms with Crippen LogP contribution in [0.5, 0.6) is 5.75 Å². The Hall–Kier alpha value is -0.380. The van der Waals surface area contributed by atoms with Crippen molar-refractivity contribution in [1.82, 2.24) is 5.32 Å². The largest absolute Gasteiger partial charge is 0.489 e. The molecule has 1 N–H and O–H groups in total. The van der Waals surface area contributed by atoms with Gasteiger partial charge in [-0.25, -0.2) is 0 Å². The molecule has 1 atom stereocenters. The van der Waals surface area contributed by atoms with Crippen LogP contribution in [0.2, 0.25) is 5.02 Å². The Morgan fingerprint density at radius 1 is 1.47 bits per heavy atom. The first-order valence-corrected chi connectivity index (χ1v) is 7.47. The second-order valence-electron chi connectivity index (χ2n) is 4.44. The van der Waals surface area contributed by atoms with E-state index in [4.69, 9.17) is 16.3 Å². The highest BCUT2D eigenvalue weighted by molar-refractivity contribution is 7.99. The zero-order valence-corrected chi connectivity index (χ0v) is 11.8. The number of rotatable bonds is 3. The molecule has 1 heterocycles. The fourth-order valence-corrected chi connectivity index (χ4v) is 3.07. The van der Waals surface area contributed by atoms with Crippen LogP contribution < -0.4 is 10.1 Å². The third kappa shape index (κ3) is 3.54. The van der Waals surface area contributed by atoms with Crippen LogP contribution in [-0.2, 0) is 0 Å². The van der Waals surface area contributed by atoms with E-state index in [1.807, 2.05) is 37.7 Å². The van der Waals surface area contributed by atoms with Gasteiger partial charge in [0.2, 0.25) is 0 Å². The number of thioether (sulfide) groups is 1. The van der Waals surface area contributed by atoms with Gasteiger partial charge in [-0.3, -0.25) is 0 Å². The molecule has 94 valence electrons. The maximum absolute atomic E-state index is 6.23. The molecule has 0 saturated carbocycles. The van der Waals surface area contributed by atoms with Crippen molar-refractivity contribution in [3.63, 3.8) is 0 Å². The standard InChI is InChI=1S/C13H18ClNOS/c1-9(2)16-13-4-3-10(7-11(13)14)12-8-17-6-5-15-12/h3-4,7,9,12,15H,5-6,8H2,1-2H3. The predicted octanol–water partition coefficient (Wildman–Crippen LogP) is 3.50. The number of halogens is 1. The van der Waals surface area contributed by atoms with E-state index in [2.05, 4.69) is 11.4 Å². The summed E-state index contributed by atoms with van der Waals surface area (Å²) in [5, 5.41) is 4.20. The summed E-state index contributed by atoms with van der Waals surface area (Å²) in [6.07, 6.45) is 0.154. The van der Waals surface area contributed by atoms with Crippen molar-refractivity contribution in [2.45, 2.75) is 26.0 Å². The van der Waals surface area contributed by atoms with Crippen LogP contribution >= 0.6 is 23.4 Å². The summed E-state index contributed by atoms with van der Waals surface area (Å²) in [6, 6.07) is 6.51. The summed E-state index contributed by atoms with van der Waals surface area (Å²) >= 11 is 8.21. The van der Waals surface area contributed by atoms with Gasteiger partial charge in [0.25, 0.3) is 0 Å². The molecule has 2 rings (SSSR count). The molecule has 0 spiro atoms. The fourth-order valence-electron chi connectivity index (χ4n) is 1.86. The van der Waals surface area contributed by atoms with Gasteiger partial charge in [0.1, 0.15) is 5.75 Å². The van der Waals surface area contributed by atoms with Crippen LogP contribution in [0.4, 0.5) is 0 Å². The van der Waals surface area contributed by atoms with E-state index >= 15 is 0 Å². The van der Waals surface area contributed by atoms with E-state index in [9.17, 15) is 0 Å². The molecule has 1 aliphatic heterocycles. The fraction of sp³-hybridized carbons (Fsp3) is 0.538. The first-order valence-electron chi connectivity index (χ1n) is 5.94. The lowest BCUT2D eigenvalue weighted by molar-refractivity contribution is 0.242. The maximum Gasteiger partial charge on any atom is 0.138 e. The number of hydrogen-bond donors (Lipinski definition) is 1. The Morgan fingerprint density at radius 3 is 2.88 bits per heavy atom. The summed E-state index contributed by atoms with van der Waals surface area (Å²) in [4.78, 5) is 0. The van der Waals surface area contributed by atoms with Crippen molar-refractivity contribution in [1.29, 1.82) is 0 Å². The average Bonchev–Trinajstić information content (AvgIpc) is 2.32. The Kier molecular flexibility index (Phi) is 4.60. The van der Waals surface area contributed by atoms with Gasteiger partial charge in [-0.05, 0) is 31.5 Å². The van der Waals surface area contributed by atoms with Gasteiger partial charge < -0.3 is 10.1 Å². The van der Waals surface area contributed by atoms with Crippen LogP contribution in [-0.4, -0.2) is 24.2 Å². The summed E-state index contributed by atoms with van der Waals surface area (Å²) < 4.78 is 5.63. The molecule has 0 aliphatic carbocycles. The SMILES string of the molecule is CC(C)Oc1ccc(C2CSCCN2)cc1Cl. The normalized spacial score (nSPS) is 20.6. The van der Waals surface area contributed by atoms with Crippen LogP contribution in [0.3, 0.4) is 0 Å². The van der Waals surface area contributed by atoms with Gasteiger partial charge in [-0.2, -0.15) is 11.8 Å². The second-order valence-corrected chi connectivity index (χ2v) is 6.00. The molecule has 17 heavy (non-hydrogen) atoms. The van der Waals surface area contributed by atoms with E-state index in [1.54, 1.807) is 0 Å². The monoisotopic (exact) mass is 271 g/mol. The number of hydrogen-bond acceptors (Lipinski definition) is 3. The molecule has 0 bridgehead atoms. The molecular formula is C13H18ClNOS. The predicted molar refractivity (Wildman–Crippen MR) is 75.3 cm³/mol. The van der Waals surface area contributed by atoms with Gasteiger partial charge in [-0.15, -0.1) is 0 Å². The van der Waals surface area contributed by atoms with E-state index < -0.39 is 0 Å². The molecule has 1 aromatic rings. The topological polar surface area (TPSA) is 21.3 Å². The lowest BCUT2D eigenvalue weighted by Gasteiger charge is -2.24. The molecule has 2 nitrogen and oxygen atoms in total. The molecule has 1 aliphatic rings. The highest BCUT2D eigenvalue weighted by Gasteiger charge is 2.16. The van der Waals surface area contributed by atoms with Crippen molar-refractivity contribution in [2.75, 3.05) is 18.1 Å². The van der Waals surface area contributed by atoms with E-state index in [0.717, 1.165) is 18.0 Å². The zero-order valence-electron chi connectivity index (χ0n) is 10.2. The minimum absolute atomic E-state index is 0.154. The van der Waals surface area contributed by atoms with Crippen LogP contribution in [0.15, 0.2) is 18.2 Å². The van der Waals surface area contributed by atoms with Crippen molar-refractivity contribution in [3.05, 3.63) is 28.8 Å². The van der Waals surface area contributed by atoms with Gasteiger partial charge in [-0.1, -0.05) is 17.7 Å². The minimum Gasteiger partial charge on any atom is -0.489 e. The zero-order chi connectivity index (χ0) is 12.3. The van der Waals surface area contributed by atoms with Gasteiger partial charge in [0, 0.05) is 24.1 Å². The second kappa shape index (κ2) is 5.98. The molecule has 4 heteroatoms. The van der Waals surface area contributed by atoms with Crippen molar-refractivity contribution >= 4 is 23.4 Å². The quantitative estimate of drug-likeness (QED) is 0.909. The Labute approximate surface area is 112 Å². The third-order valence-corrected chi connectivity index (χ3v) is 4.00. The van der Waals surface area contributed by atoms with E-state index in [0.29, 0.717) is 11.1 Å². The van der Waals surface area contributed by atoms with Gasteiger partial charge in [0.05, 0.1) is 11.1 Å². The third-order valence-electron chi connectivity index (χ3n) is 2.64. The summed E-state index contributed by atoms with van der Waals surface area (Å²) in [5.74, 6) is 3.08. The van der Waals surface area contributed by atoms with Crippen molar-refractivity contribution in [2.24, 2.45) is 0 Å². The average molecular weight is 272 g/mol. The van der Waals surface area contributed by atoms with Crippen molar-refractivity contribution < 1.29 is 4.74 Å². The van der Waals surface area contributed by atoms with Crippen LogP contribution in [0.1, 0.15) is 25.5 Å². The number of benzene rings is 1. The molecule has 1 saturated heterocycles. The molecule has 0 amide bonds. The lowest BCUT2D eigenvalue weighted by Crippen LogP contribution is -2.30. The Morgan fingerprint density at radius 2 is 2.29 bits per heavy atom.